The molecule has 0 radical (unpaired) electrons. The summed E-state index contributed by atoms with van der Waals surface area (Å²) in [5.74, 6) is -0.0853. The summed E-state index contributed by atoms with van der Waals surface area (Å²) >= 11 is 14.1. The molecule has 1 aromatic heterocycles. The Balaban J connectivity index is 1.38. The first-order valence-electron chi connectivity index (χ1n) is 10.6. The summed E-state index contributed by atoms with van der Waals surface area (Å²) in [6.45, 7) is 2.56. The number of nitrogens with one attached hydrogen (secondary N) is 1. The molecule has 0 bridgehead atoms. The number of halogens is 2. The Morgan fingerprint density at radius 1 is 1.27 bits per heavy atom. The Bertz CT molecular complexity index is 1080. The van der Waals surface area contributed by atoms with Crippen LogP contribution in [0.5, 0.6) is 0 Å². The maximum atomic E-state index is 11.2. The number of hydrogen-bond acceptors (Lipinski definition) is 5. The van der Waals surface area contributed by atoms with Crippen LogP contribution < -0.4 is 5.32 Å². The molecule has 1 amide bonds. The molecule has 6 nitrogen and oxygen atoms in total. The van der Waals surface area contributed by atoms with Crippen molar-refractivity contribution in [3.8, 4) is 0 Å². The van der Waals surface area contributed by atoms with Gasteiger partial charge in [-0.15, -0.1) is 11.8 Å². The summed E-state index contributed by atoms with van der Waals surface area (Å²) in [6.07, 6.45) is 6.73. The Kier molecular flexibility index (Phi) is 7.98. The zero-order valence-corrected chi connectivity index (χ0v) is 20.5. The molecule has 1 N–H and O–H groups in total. The van der Waals surface area contributed by atoms with Crippen molar-refractivity contribution in [2.75, 3.05) is 17.7 Å². The lowest BCUT2D eigenvalue weighted by Crippen LogP contribution is -2.37. The van der Waals surface area contributed by atoms with Crippen molar-refractivity contribution in [1.82, 2.24) is 9.55 Å². The molecule has 1 fully saturated rings. The molecule has 0 aliphatic carbocycles. The molecular formula is C24H25Cl2N3O3S. The van der Waals surface area contributed by atoms with Crippen molar-refractivity contribution in [3.05, 3.63) is 76.8 Å². The minimum absolute atomic E-state index is 0.0470. The monoisotopic (exact) mass is 505 g/mol. The second-order valence-electron chi connectivity index (χ2n) is 7.95. The molecule has 0 saturated carbocycles. The Hall–Kier alpha value is -2.03. The number of hydrogen-bond donors (Lipinski definition) is 1. The Labute approximate surface area is 207 Å². The zero-order chi connectivity index (χ0) is 23.3. The van der Waals surface area contributed by atoms with Crippen LogP contribution in [0, 0.1) is 0 Å². The average molecular weight is 506 g/mol. The van der Waals surface area contributed by atoms with Crippen LogP contribution >= 0.6 is 35.0 Å². The van der Waals surface area contributed by atoms with Crippen molar-refractivity contribution >= 4 is 46.6 Å². The highest BCUT2D eigenvalue weighted by molar-refractivity contribution is 7.99. The number of imidazole rings is 1. The van der Waals surface area contributed by atoms with E-state index in [9.17, 15) is 4.79 Å². The highest BCUT2D eigenvalue weighted by Crippen LogP contribution is 2.34. The van der Waals surface area contributed by atoms with E-state index in [1.165, 1.54) is 6.92 Å². The number of aromatic nitrogens is 2. The predicted molar refractivity (Wildman–Crippen MR) is 132 cm³/mol. The van der Waals surface area contributed by atoms with Crippen LogP contribution in [0.4, 0.5) is 5.69 Å². The lowest BCUT2D eigenvalue weighted by Gasteiger charge is -2.29. The van der Waals surface area contributed by atoms with E-state index < -0.39 is 5.79 Å². The fraction of sp³-hybridized carbons (Fsp3) is 0.333. The van der Waals surface area contributed by atoms with Crippen molar-refractivity contribution in [2.45, 2.75) is 43.1 Å². The van der Waals surface area contributed by atoms with Gasteiger partial charge >= 0.3 is 0 Å². The maximum Gasteiger partial charge on any atom is 0.221 e. The SMILES string of the molecule is CC(=O)Nc1ccc(SCC2COC(CCc3ccc(Cl)cc3Cl)(Cn3ccnc3)O2)cc1. The van der Waals surface area contributed by atoms with Gasteiger partial charge in [0.1, 0.15) is 0 Å². The van der Waals surface area contributed by atoms with Gasteiger partial charge in [-0.3, -0.25) is 4.79 Å². The molecule has 2 aromatic carbocycles. The molecule has 1 aliphatic heterocycles. The predicted octanol–water partition coefficient (Wildman–Crippen LogP) is 5.69. The Morgan fingerprint density at radius 3 is 2.79 bits per heavy atom. The van der Waals surface area contributed by atoms with Crippen LogP contribution in [-0.2, 0) is 27.2 Å². The smallest absolute Gasteiger partial charge is 0.221 e. The molecule has 2 atom stereocenters. The van der Waals surface area contributed by atoms with Crippen LogP contribution in [0.15, 0.2) is 66.1 Å². The molecule has 1 aliphatic rings. The number of ether oxygens (including phenoxy) is 2. The van der Waals surface area contributed by atoms with Crippen molar-refractivity contribution in [1.29, 1.82) is 0 Å². The lowest BCUT2D eigenvalue weighted by atomic mass is 10.0. The molecule has 0 spiro atoms. The fourth-order valence-corrected chi connectivity index (χ4v) is 5.10. The summed E-state index contributed by atoms with van der Waals surface area (Å²) in [5.41, 5.74) is 1.79. The number of benzene rings is 2. The van der Waals surface area contributed by atoms with Gasteiger partial charge in [-0.2, -0.15) is 0 Å². The zero-order valence-electron chi connectivity index (χ0n) is 18.2. The van der Waals surface area contributed by atoms with Crippen molar-refractivity contribution < 1.29 is 14.3 Å². The first-order valence-corrected chi connectivity index (χ1v) is 12.4. The van der Waals surface area contributed by atoms with E-state index >= 15 is 0 Å². The number of carbonyl (C=O) groups excluding carboxylic acids is 1. The number of amides is 1. The van der Waals surface area contributed by atoms with Gasteiger partial charge in [-0.05, 0) is 48.4 Å². The highest BCUT2D eigenvalue weighted by atomic mass is 35.5. The van der Waals surface area contributed by atoms with E-state index in [0.717, 1.165) is 21.9 Å². The minimum atomic E-state index is -0.760. The second kappa shape index (κ2) is 10.9. The molecule has 33 heavy (non-hydrogen) atoms. The van der Waals surface area contributed by atoms with Gasteiger partial charge in [0.2, 0.25) is 5.91 Å². The molecule has 9 heteroatoms. The molecule has 174 valence electrons. The fourth-order valence-electron chi connectivity index (χ4n) is 3.73. The number of nitrogens with zero attached hydrogens (tertiary/aromatic N) is 2. The van der Waals surface area contributed by atoms with E-state index in [-0.39, 0.29) is 12.0 Å². The molecule has 2 unspecified atom stereocenters. The topological polar surface area (TPSA) is 65.4 Å². The van der Waals surface area contributed by atoms with Crippen LogP contribution in [0.2, 0.25) is 10.0 Å². The minimum Gasteiger partial charge on any atom is -0.345 e. The van der Waals surface area contributed by atoms with Gasteiger partial charge in [-0.25, -0.2) is 4.98 Å². The summed E-state index contributed by atoms with van der Waals surface area (Å²) in [4.78, 5) is 16.4. The summed E-state index contributed by atoms with van der Waals surface area (Å²) in [5, 5.41) is 4.04. The van der Waals surface area contributed by atoms with Crippen LogP contribution in [-0.4, -0.2) is 39.7 Å². The summed E-state index contributed by atoms with van der Waals surface area (Å²) < 4.78 is 14.7. The van der Waals surface area contributed by atoms with E-state index in [1.54, 1.807) is 30.4 Å². The number of carbonyl (C=O) groups is 1. The van der Waals surface area contributed by atoms with E-state index in [2.05, 4.69) is 10.3 Å². The second-order valence-corrected chi connectivity index (χ2v) is 9.89. The third-order valence-electron chi connectivity index (χ3n) is 5.30. The van der Waals surface area contributed by atoms with Crippen molar-refractivity contribution in [2.24, 2.45) is 0 Å². The number of rotatable bonds is 9. The first-order chi connectivity index (χ1) is 15.9. The molecule has 2 heterocycles. The summed E-state index contributed by atoms with van der Waals surface area (Å²) in [7, 11) is 0. The van der Waals surface area contributed by atoms with Crippen LogP contribution in [0.25, 0.3) is 0 Å². The average Bonchev–Trinajstić information content (AvgIpc) is 3.43. The summed E-state index contributed by atoms with van der Waals surface area (Å²) in [6, 6.07) is 13.3. The van der Waals surface area contributed by atoms with Crippen LogP contribution in [0.3, 0.4) is 0 Å². The number of thioether (sulfide) groups is 1. The van der Waals surface area contributed by atoms with Gasteiger partial charge < -0.3 is 19.4 Å². The van der Waals surface area contributed by atoms with Gasteiger partial charge in [0.05, 0.1) is 25.6 Å². The number of anilines is 1. The maximum absolute atomic E-state index is 11.2. The first kappa shape index (κ1) is 24.1. The third kappa shape index (κ3) is 6.74. The van der Waals surface area contributed by atoms with E-state index in [1.807, 2.05) is 47.2 Å². The quantitative estimate of drug-likeness (QED) is 0.378. The number of aryl methyl sites for hydroxylation is 1. The van der Waals surface area contributed by atoms with Gasteiger partial charge in [0.25, 0.3) is 0 Å². The molecule has 3 aromatic rings. The lowest BCUT2D eigenvalue weighted by molar-refractivity contribution is -0.180. The third-order valence-corrected chi connectivity index (χ3v) is 7.03. The van der Waals surface area contributed by atoms with Gasteiger partial charge in [0.15, 0.2) is 5.79 Å². The molecular weight excluding hydrogens is 481 g/mol. The van der Waals surface area contributed by atoms with E-state index in [0.29, 0.717) is 36.0 Å². The largest absolute Gasteiger partial charge is 0.345 e. The van der Waals surface area contributed by atoms with Gasteiger partial charge in [-0.1, -0.05) is 29.3 Å². The molecule has 4 rings (SSSR count). The highest BCUT2D eigenvalue weighted by Gasteiger charge is 2.41. The molecule has 1 saturated heterocycles. The normalized spacial score (nSPS) is 20.2. The van der Waals surface area contributed by atoms with E-state index in [4.69, 9.17) is 32.7 Å². The Morgan fingerprint density at radius 2 is 2.09 bits per heavy atom. The van der Waals surface area contributed by atoms with Gasteiger partial charge in [0, 0.05) is 52.1 Å². The standard InChI is InChI=1S/C24H25Cl2N3O3S/c1-17(30)28-20-4-6-22(7-5-20)33-14-21-13-31-24(32-21,15-29-11-10-27-16-29)9-8-18-2-3-19(25)12-23(18)26/h2-7,10-12,16,21H,8-9,13-15H2,1H3,(H,28,30). The van der Waals surface area contributed by atoms with Crippen molar-refractivity contribution in [3.63, 3.8) is 0 Å². The van der Waals surface area contributed by atoms with Crippen LogP contribution in [0.1, 0.15) is 18.9 Å².